The van der Waals surface area contributed by atoms with Gasteiger partial charge in [0.2, 0.25) is 0 Å². The van der Waals surface area contributed by atoms with Gasteiger partial charge in [-0.25, -0.2) is 8.42 Å². The second-order valence-corrected chi connectivity index (χ2v) is 13.0. The first kappa shape index (κ1) is 25.3. The van der Waals surface area contributed by atoms with Crippen LogP contribution >= 0.6 is 0 Å². The molecule has 0 radical (unpaired) electrons. The molecule has 1 aromatic rings. The first-order valence-corrected chi connectivity index (χ1v) is 14.3. The molecule has 3 fully saturated rings. The van der Waals surface area contributed by atoms with Gasteiger partial charge in [-0.3, -0.25) is 4.98 Å². The summed E-state index contributed by atoms with van der Waals surface area (Å²) < 4.78 is 25.6. The van der Waals surface area contributed by atoms with Crippen LogP contribution in [0.1, 0.15) is 65.2 Å². The third-order valence-electron chi connectivity index (χ3n) is 8.84. The summed E-state index contributed by atoms with van der Waals surface area (Å²) in [5.41, 5.74) is 3.33. The normalized spacial score (nSPS) is 35.5. The molecule has 0 aromatic carbocycles. The molecule has 1 aromatic heterocycles. The van der Waals surface area contributed by atoms with Crippen LogP contribution in [-0.2, 0) is 9.84 Å². The molecular weight excluding hydrogens is 446 g/mol. The summed E-state index contributed by atoms with van der Waals surface area (Å²) in [4.78, 5) is 4.29. The minimum atomic E-state index is -3.29. The molecule has 1 unspecified atom stereocenters. The molecule has 34 heavy (non-hydrogen) atoms. The van der Waals surface area contributed by atoms with Gasteiger partial charge in [0.1, 0.15) is 0 Å². The van der Waals surface area contributed by atoms with E-state index in [4.69, 9.17) is 0 Å². The molecule has 0 bridgehead atoms. The van der Waals surface area contributed by atoms with Crippen LogP contribution in [0.25, 0.3) is 0 Å². The topological polar surface area (TPSA) is 87.5 Å². The van der Waals surface area contributed by atoms with Gasteiger partial charge >= 0.3 is 0 Å². The standard InChI is InChI=1S/C28H39NO4S/c1-19(12-16-34(32,33)24-10-14-29-15-11-24)25-8-9-26-21(5-4-13-28(25,26)3)6-7-22-17-23(30)18-27(31)20(22)2/h6-7,10-11,14-15,19,23,25-27,30-31H,2,4-5,8-9,12-13,16-18H2,1,3H3/b21-6+,22-7-/t19-,23-,25?,26+,27+,28-/m1/s1. The molecule has 0 aliphatic heterocycles. The summed E-state index contributed by atoms with van der Waals surface area (Å²) in [6.07, 6.45) is 13.5. The number of fused-ring (bicyclic) bond motifs is 1. The second-order valence-electron chi connectivity index (χ2n) is 10.9. The molecule has 4 rings (SSSR count). The third kappa shape index (κ3) is 5.09. The van der Waals surface area contributed by atoms with Gasteiger partial charge in [0.15, 0.2) is 9.84 Å². The Hall–Kier alpha value is -1.76. The predicted molar refractivity (Wildman–Crippen MR) is 135 cm³/mol. The maximum absolute atomic E-state index is 12.8. The fraction of sp³-hybridized carbons (Fsp3) is 0.607. The predicted octanol–water partition coefficient (Wildman–Crippen LogP) is 5.02. The Morgan fingerprint density at radius 3 is 2.71 bits per heavy atom. The summed E-state index contributed by atoms with van der Waals surface area (Å²) in [6, 6.07) is 3.16. The van der Waals surface area contributed by atoms with Crippen LogP contribution in [0.2, 0.25) is 0 Å². The SMILES string of the molecule is C=C1/C(=C\C=C2/CCC[C@]3(C)C([C@H](C)CCS(=O)(=O)c4ccncc4)CC[C@@H]23)C[C@@H](O)C[C@@H]1O. The molecule has 5 nitrogen and oxygen atoms in total. The van der Waals surface area contributed by atoms with Crippen molar-refractivity contribution in [2.24, 2.45) is 23.2 Å². The van der Waals surface area contributed by atoms with Crippen LogP contribution < -0.4 is 0 Å². The number of hydrogen-bond acceptors (Lipinski definition) is 5. The minimum Gasteiger partial charge on any atom is -0.393 e. The van der Waals surface area contributed by atoms with Crippen molar-refractivity contribution in [2.45, 2.75) is 82.3 Å². The number of pyridine rings is 1. The number of aliphatic hydroxyl groups is 2. The Kier molecular flexibility index (Phi) is 7.51. The number of hydrogen-bond donors (Lipinski definition) is 2. The summed E-state index contributed by atoms with van der Waals surface area (Å²) >= 11 is 0. The molecule has 186 valence electrons. The number of nitrogens with zero attached hydrogens (tertiary/aromatic N) is 1. The number of aliphatic hydroxyl groups excluding tert-OH is 2. The van der Waals surface area contributed by atoms with Crippen molar-refractivity contribution in [2.75, 3.05) is 5.75 Å². The highest BCUT2D eigenvalue weighted by Gasteiger charge is 2.50. The highest BCUT2D eigenvalue weighted by atomic mass is 32.2. The largest absolute Gasteiger partial charge is 0.393 e. The summed E-state index contributed by atoms with van der Waals surface area (Å²) in [5, 5.41) is 20.2. The van der Waals surface area contributed by atoms with Crippen LogP contribution in [0.5, 0.6) is 0 Å². The van der Waals surface area contributed by atoms with Gasteiger partial charge in [-0.1, -0.05) is 38.2 Å². The van der Waals surface area contributed by atoms with Crippen molar-refractivity contribution < 1.29 is 18.6 Å². The van der Waals surface area contributed by atoms with E-state index < -0.39 is 22.0 Å². The third-order valence-corrected chi connectivity index (χ3v) is 10.6. The smallest absolute Gasteiger partial charge is 0.178 e. The molecule has 1 heterocycles. The maximum atomic E-state index is 12.8. The second kappa shape index (κ2) is 10.1. The zero-order chi connectivity index (χ0) is 24.5. The van der Waals surface area contributed by atoms with Gasteiger partial charge in [0.25, 0.3) is 0 Å². The van der Waals surface area contributed by atoms with Crippen molar-refractivity contribution >= 4 is 9.84 Å². The van der Waals surface area contributed by atoms with Gasteiger partial charge in [0, 0.05) is 18.8 Å². The summed E-state index contributed by atoms with van der Waals surface area (Å²) in [6.45, 7) is 8.69. The van der Waals surface area contributed by atoms with Gasteiger partial charge < -0.3 is 10.2 Å². The van der Waals surface area contributed by atoms with Crippen molar-refractivity contribution in [3.63, 3.8) is 0 Å². The van der Waals surface area contributed by atoms with Crippen LogP contribution in [0.3, 0.4) is 0 Å². The average Bonchev–Trinajstić information content (AvgIpc) is 3.17. The van der Waals surface area contributed by atoms with E-state index in [1.165, 1.54) is 24.4 Å². The van der Waals surface area contributed by atoms with Crippen LogP contribution in [-0.4, -0.2) is 41.6 Å². The van der Waals surface area contributed by atoms with E-state index in [2.05, 4.69) is 37.6 Å². The monoisotopic (exact) mass is 485 g/mol. The van der Waals surface area contributed by atoms with Gasteiger partial charge in [-0.2, -0.15) is 0 Å². The number of aromatic nitrogens is 1. The van der Waals surface area contributed by atoms with Gasteiger partial charge in [-0.15, -0.1) is 0 Å². The van der Waals surface area contributed by atoms with E-state index in [1.807, 2.05) is 0 Å². The molecule has 2 N–H and O–H groups in total. The lowest BCUT2D eigenvalue weighted by molar-refractivity contribution is 0.0861. The Morgan fingerprint density at radius 1 is 1.24 bits per heavy atom. The van der Waals surface area contributed by atoms with E-state index in [-0.39, 0.29) is 11.2 Å². The van der Waals surface area contributed by atoms with Crippen molar-refractivity contribution in [3.8, 4) is 0 Å². The highest BCUT2D eigenvalue weighted by molar-refractivity contribution is 7.91. The van der Waals surface area contributed by atoms with Crippen LogP contribution in [0.15, 0.2) is 64.9 Å². The zero-order valence-corrected chi connectivity index (χ0v) is 21.3. The van der Waals surface area contributed by atoms with E-state index in [9.17, 15) is 18.6 Å². The minimum absolute atomic E-state index is 0.178. The molecule has 3 saturated carbocycles. The molecule has 3 aliphatic rings. The zero-order valence-electron chi connectivity index (χ0n) is 20.5. The van der Waals surface area contributed by atoms with Crippen molar-refractivity contribution in [1.82, 2.24) is 4.98 Å². The molecule has 0 saturated heterocycles. The quantitative estimate of drug-likeness (QED) is 0.591. The lowest BCUT2D eigenvalue weighted by Gasteiger charge is -2.44. The lowest BCUT2D eigenvalue weighted by atomic mass is 9.61. The first-order chi connectivity index (χ1) is 16.1. The van der Waals surface area contributed by atoms with Gasteiger partial charge in [-0.05, 0) is 91.4 Å². The number of allylic oxidation sites excluding steroid dienone is 3. The van der Waals surface area contributed by atoms with Crippen LogP contribution in [0, 0.1) is 23.2 Å². The molecule has 6 heteroatoms. The van der Waals surface area contributed by atoms with Crippen molar-refractivity contribution in [1.29, 1.82) is 0 Å². The number of sulfone groups is 1. The Labute approximate surface area is 204 Å². The van der Waals surface area contributed by atoms with E-state index >= 15 is 0 Å². The van der Waals surface area contributed by atoms with Crippen LogP contribution in [0.4, 0.5) is 0 Å². The number of rotatable bonds is 6. The lowest BCUT2D eigenvalue weighted by Crippen LogP contribution is -2.36. The fourth-order valence-corrected chi connectivity index (χ4v) is 8.34. The van der Waals surface area contributed by atoms with E-state index in [1.54, 1.807) is 12.1 Å². The Morgan fingerprint density at radius 2 is 1.97 bits per heavy atom. The Balaban J connectivity index is 1.46. The fourth-order valence-electron chi connectivity index (χ4n) is 6.88. The van der Waals surface area contributed by atoms with E-state index in [0.29, 0.717) is 41.9 Å². The first-order valence-electron chi connectivity index (χ1n) is 12.7. The molecule has 3 aliphatic carbocycles. The van der Waals surface area contributed by atoms with Gasteiger partial charge in [0.05, 0.1) is 22.9 Å². The molecule has 6 atom stereocenters. The average molecular weight is 486 g/mol. The summed E-state index contributed by atoms with van der Waals surface area (Å²) in [5.74, 6) is 1.54. The van der Waals surface area contributed by atoms with E-state index in [0.717, 1.165) is 36.8 Å². The maximum Gasteiger partial charge on any atom is 0.178 e. The summed E-state index contributed by atoms with van der Waals surface area (Å²) in [7, 11) is -3.29. The molecule has 0 amide bonds. The molecular formula is C28H39NO4S. The highest BCUT2D eigenvalue weighted by Crippen LogP contribution is 2.59. The van der Waals surface area contributed by atoms with Crippen molar-refractivity contribution in [3.05, 3.63) is 60.0 Å². The Bertz CT molecular complexity index is 1060. The molecule has 0 spiro atoms.